The van der Waals surface area contributed by atoms with Crippen LogP contribution in [0.15, 0.2) is 58.3 Å². The molecule has 0 saturated carbocycles. The van der Waals surface area contributed by atoms with Crippen LogP contribution in [-0.2, 0) is 10.0 Å². The number of hydrogen-bond acceptors (Lipinski definition) is 4. The Morgan fingerprint density at radius 2 is 1.90 bits per heavy atom. The summed E-state index contributed by atoms with van der Waals surface area (Å²) in [5, 5.41) is 0. The molecule has 2 aromatic carbocycles. The van der Waals surface area contributed by atoms with Gasteiger partial charge in [0.15, 0.2) is 0 Å². The van der Waals surface area contributed by atoms with Gasteiger partial charge in [-0.1, -0.05) is 36.5 Å². The number of sulfonamides is 1. The van der Waals surface area contributed by atoms with Crippen LogP contribution >= 0.6 is 24.0 Å². The van der Waals surface area contributed by atoms with Gasteiger partial charge in [0.2, 0.25) is 0 Å². The number of rotatable bonds is 5. The smallest absolute Gasteiger partial charge is 0.261 e. The molecule has 0 unspecified atom stereocenters. The van der Waals surface area contributed by atoms with Gasteiger partial charge in [-0.15, -0.1) is 11.8 Å². The first-order valence-corrected chi connectivity index (χ1v) is 9.11. The summed E-state index contributed by atoms with van der Waals surface area (Å²) in [5.41, 5.74) is 6.60. The van der Waals surface area contributed by atoms with Crippen LogP contribution in [0.5, 0.6) is 0 Å². The Morgan fingerprint density at radius 1 is 1.19 bits per heavy atom. The van der Waals surface area contributed by atoms with Gasteiger partial charge in [0.25, 0.3) is 10.0 Å². The summed E-state index contributed by atoms with van der Waals surface area (Å²) in [6.45, 7) is 0. The Balaban J connectivity index is 2.39. The van der Waals surface area contributed by atoms with E-state index >= 15 is 0 Å². The Hall–Kier alpha value is -1.57. The van der Waals surface area contributed by atoms with Crippen LogP contribution in [0.4, 0.5) is 5.69 Å². The van der Waals surface area contributed by atoms with Crippen molar-refractivity contribution in [1.29, 1.82) is 0 Å². The lowest BCUT2D eigenvalue weighted by molar-refractivity contribution is 0.601. The zero-order chi connectivity index (χ0) is 15.5. The Morgan fingerprint density at radius 3 is 2.57 bits per heavy atom. The molecular weight excluding hydrogens is 324 g/mol. The minimum Gasteiger partial charge on any atom is -0.389 e. The van der Waals surface area contributed by atoms with Crippen LogP contribution < -0.4 is 10.5 Å². The first-order valence-electron chi connectivity index (χ1n) is 6.00. The number of nitrogens with one attached hydrogen (secondary N) is 1. The van der Waals surface area contributed by atoms with Crippen LogP contribution in [0.1, 0.15) is 5.56 Å². The first kappa shape index (κ1) is 15.8. The molecular formula is C14H14N2O2S3. The van der Waals surface area contributed by atoms with Crippen molar-refractivity contribution >= 4 is 44.7 Å². The summed E-state index contributed by atoms with van der Waals surface area (Å²) in [6, 6.07) is 13.5. The number of hydrogen-bond donors (Lipinski definition) is 2. The van der Waals surface area contributed by atoms with Crippen molar-refractivity contribution in [3.8, 4) is 0 Å². The predicted molar refractivity (Wildman–Crippen MR) is 91.4 cm³/mol. The molecule has 4 nitrogen and oxygen atoms in total. The molecule has 0 atom stereocenters. The number of para-hydroxylation sites is 1. The second-order valence-corrected chi connectivity index (χ2v) is 7.17. The third-order valence-corrected chi connectivity index (χ3v) is 5.17. The van der Waals surface area contributed by atoms with Crippen LogP contribution in [0.3, 0.4) is 0 Å². The van der Waals surface area contributed by atoms with E-state index in [0.29, 0.717) is 11.3 Å². The molecule has 3 N–H and O–H groups in total. The molecule has 0 aliphatic rings. The fourth-order valence-electron chi connectivity index (χ4n) is 1.75. The largest absolute Gasteiger partial charge is 0.389 e. The highest BCUT2D eigenvalue weighted by Gasteiger charge is 2.16. The summed E-state index contributed by atoms with van der Waals surface area (Å²) in [7, 11) is -3.68. The topological polar surface area (TPSA) is 72.2 Å². The zero-order valence-corrected chi connectivity index (χ0v) is 13.7. The van der Waals surface area contributed by atoms with E-state index in [9.17, 15) is 8.42 Å². The molecule has 7 heteroatoms. The monoisotopic (exact) mass is 338 g/mol. The first-order chi connectivity index (χ1) is 9.94. The Kier molecular flexibility index (Phi) is 4.87. The normalized spacial score (nSPS) is 11.1. The van der Waals surface area contributed by atoms with Gasteiger partial charge in [0.05, 0.1) is 10.6 Å². The number of thioether (sulfide) groups is 1. The maximum absolute atomic E-state index is 12.4. The molecule has 0 saturated heterocycles. The lowest BCUT2D eigenvalue weighted by Crippen LogP contribution is -2.15. The maximum Gasteiger partial charge on any atom is 0.261 e. The van der Waals surface area contributed by atoms with Crippen LogP contribution in [0.2, 0.25) is 0 Å². The standard InChI is InChI=1S/C14H14N2O2S3/c1-20-13-8-3-2-7-12(13)16-21(17,18)11-6-4-5-10(9-11)14(15)19/h2-9,16H,1H3,(H2,15,19). The quantitative estimate of drug-likeness (QED) is 0.648. The van der Waals surface area contributed by atoms with E-state index < -0.39 is 10.0 Å². The van der Waals surface area contributed by atoms with E-state index in [-0.39, 0.29) is 9.88 Å². The van der Waals surface area contributed by atoms with Crippen molar-refractivity contribution in [3.63, 3.8) is 0 Å². The highest BCUT2D eigenvalue weighted by atomic mass is 32.2. The zero-order valence-electron chi connectivity index (χ0n) is 11.2. The third kappa shape index (κ3) is 3.75. The summed E-state index contributed by atoms with van der Waals surface area (Å²) in [4.78, 5) is 1.15. The molecule has 2 aromatic rings. The molecule has 0 aliphatic carbocycles. The molecule has 2 rings (SSSR count). The van der Waals surface area contributed by atoms with Gasteiger partial charge >= 0.3 is 0 Å². The molecule has 0 amide bonds. The SMILES string of the molecule is CSc1ccccc1NS(=O)(=O)c1cccc(C(N)=S)c1. The maximum atomic E-state index is 12.4. The van der Waals surface area contributed by atoms with E-state index in [2.05, 4.69) is 4.72 Å². The van der Waals surface area contributed by atoms with Gasteiger partial charge in [0.1, 0.15) is 4.99 Å². The number of benzene rings is 2. The molecule has 0 bridgehead atoms. The molecule has 0 spiro atoms. The molecule has 0 radical (unpaired) electrons. The number of nitrogens with two attached hydrogens (primary N) is 1. The summed E-state index contributed by atoms with van der Waals surface area (Å²) < 4.78 is 27.5. The predicted octanol–water partition coefficient (Wildman–Crippen LogP) is 2.84. The summed E-state index contributed by atoms with van der Waals surface area (Å²) in [6.07, 6.45) is 1.89. The summed E-state index contributed by atoms with van der Waals surface area (Å²) >= 11 is 6.34. The molecule has 0 aromatic heterocycles. The van der Waals surface area contributed by atoms with Gasteiger partial charge in [-0.3, -0.25) is 4.72 Å². The Labute approximate surface area is 133 Å². The average Bonchev–Trinajstić information content (AvgIpc) is 2.47. The van der Waals surface area contributed by atoms with Gasteiger partial charge in [0, 0.05) is 10.5 Å². The Bertz CT molecular complexity index is 773. The lowest BCUT2D eigenvalue weighted by Gasteiger charge is -2.11. The molecule has 0 heterocycles. The van der Waals surface area contributed by atoms with Gasteiger partial charge in [-0.2, -0.15) is 0 Å². The molecule has 0 fully saturated rings. The second kappa shape index (κ2) is 6.46. The highest BCUT2D eigenvalue weighted by molar-refractivity contribution is 7.99. The van der Waals surface area contributed by atoms with Crippen molar-refractivity contribution in [1.82, 2.24) is 0 Å². The molecule has 21 heavy (non-hydrogen) atoms. The van der Waals surface area contributed by atoms with Crippen LogP contribution in [-0.4, -0.2) is 19.7 Å². The second-order valence-electron chi connectivity index (χ2n) is 4.20. The van der Waals surface area contributed by atoms with E-state index in [1.165, 1.54) is 23.9 Å². The lowest BCUT2D eigenvalue weighted by atomic mass is 10.2. The van der Waals surface area contributed by atoms with Crippen LogP contribution in [0.25, 0.3) is 0 Å². The van der Waals surface area contributed by atoms with E-state index in [0.717, 1.165) is 4.90 Å². The van der Waals surface area contributed by atoms with Crippen LogP contribution in [0, 0.1) is 0 Å². The molecule has 0 aliphatic heterocycles. The van der Waals surface area contributed by atoms with Gasteiger partial charge < -0.3 is 5.73 Å². The number of anilines is 1. The van der Waals surface area contributed by atoms with Crippen molar-refractivity contribution in [2.45, 2.75) is 9.79 Å². The van der Waals surface area contributed by atoms with Crippen molar-refractivity contribution in [2.75, 3.05) is 11.0 Å². The van der Waals surface area contributed by atoms with Crippen molar-refractivity contribution in [2.24, 2.45) is 5.73 Å². The van der Waals surface area contributed by atoms with Gasteiger partial charge in [-0.25, -0.2) is 8.42 Å². The third-order valence-electron chi connectivity index (χ3n) is 2.78. The average molecular weight is 338 g/mol. The fraction of sp³-hybridized carbons (Fsp3) is 0.0714. The van der Waals surface area contributed by atoms with E-state index in [4.69, 9.17) is 18.0 Å². The van der Waals surface area contributed by atoms with Gasteiger partial charge in [-0.05, 0) is 30.5 Å². The number of thiocarbonyl (C=S) groups is 1. The summed E-state index contributed by atoms with van der Waals surface area (Å²) in [5.74, 6) is 0. The van der Waals surface area contributed by atoms with Crippen molar-refractivity contribution < 1.29 is 8.42 Å². The minimum atomic E-state index is -3.68. The van der Waals surface area contributed by atoms with Crippen molar-refractivity contribution in [3.05, 3.63) is 54.1 Å². The van der Waals surface area contributed by atoms with E-state index in [1.807, 2.05) is 18.4 Å². The molecule has 110 valence electrons. The van der Waals surface area contributed by atoms with E-state index in [1.54, 1.807) is 24.3 Å². The highest BCUT2D eigenvalue weighted by Crippen LogP contribution is 2.27. The fourth-order valence-corrected chi connectivity index (χ4v) is 3.62. The minimum absolute atomic E-state index is 0.128.